The van der Waals surface area contributed by atoms with Crippen molar-refractivity contribution >= 4 is 21.6 Å². The highest BCUT2D eigenvalue weighted by Crippen LogP contribution is 2.21. The Bertz CT molecular complexity index is 636. The van der Waals surface area contributed by atoms with Crippen LogP contribution in [0.3, 0.4) is 0 Å². The molecule has 0 aliphatic carbocycles. The first-order chi connectivity index (χ1) is 9.56. The Morgan fingerprint density at radius 2 is 1.95 bits per heavy atom. The van der Waals surface area contributed by atoms with Crippen LogP contribution in [-0.4, -0.2) is 35.7 Å². The standard InChI is InChI=1S/C14H18N2O2S2/c1-20(17,18)12-6-5-11-19-14-15-9-10-16(14)13-7-3-2-4-8-13/h2-4,7-10H,5-6,11-12H2,1H3. The smallest absolute Gasteiger partial charge is 0.172 e. The van der Waals surface area contributed by atoms with E-state index in [1.54, 1.807) is 18.0 Å². The molecule has 0 spiro atoms. The van der Waals surface area contributed by atoms with E-state index < -0.39 is 9.84 Å². The lowest BCUT2D eigenvalue weighted by Crippen LogP contribution is -2.03. The summed E-state index contributed by atoms with van der Waals surface area (Å²) in [4.78, 5) is 4.35. The number of thioether (sulfide) groups is 1. The predicted molar refractivity (Wildman–Crippen MR) is 83.2 cm³/mol. The molecule has 0 amide bonds. The van der Waals surface area contributed by atoms with Gasteiger partial charge >= 0.3 is 0 Å². The first-order valence-corrected chi connectivity index (χ1v) is 9.50. The fraction of sp³-hybridized carbons (Fsp3) is 0.357. The van der Waals surface area contributed by atoms with E-state index in [2.05, 4.69) is 4.98 Å². The van der Waals surface area contributed by atoms with Crippen LogP contribution in [0.2, 0.25) is 0 Å². The molecular weight excluding hydrogens is 292 g/mol. The third-order valence-electron chi connectivity index (χ3n) is 2.78. The monoisotopic (exact) mass is 310 g/mol. The lowest BCUT2D eigenvalue weighted by molar-refractivity contribution is 0.598. The molecule has 108 valence electrons. The molecule has 0 bridgehead atoms. The predicted octanol–water partition coefficient (Wildman–Crippen LogP) is 2.79. The number of rotatable bonds is 7. The van der Waals surface area contributed by atoms with Gasteiger partial charge in [-0.3, -0.25) is 4.57 Å². The molecule has 2 aromatic rings. The second-order valence-corrected chi connectivity index (χ2v) is 7.92. The first kappa shape index (κ1) is 15.1. The van der Waals surface area contributed by atoms with Gasteiger partial charge in [0.2, 0.25) is 0 Å². The molecule has 1 aromatic heterocycles. The van der Waals surface area contributed by atoms with Crippen LogP contribution in [-0.2, 0) is 9.84 Å². The molecule has 0 atom stereocenters. The van der Waals surface area contributed by atoms with Crippen LogP contribution in [0.5, 0.6) is 0 Å². The maximum atomic E-state index is 11.0. The molecule has 0 aliphatic heterocycles. The molecular formula is C14H18N2O2S2. The molecule has 0 radical (unpaired) electrons. The van der Waals surface area contributed by atoms with Crippen LogP contribution in [0.4, 0.5) is 0 Å². The SMILES string of the molecule is CS(=O)(=O)CCCCSc1nccn1-c1ccccc1. The summed E-state index contributed by atoms with van der Waals surface area (Å²) in [5.74, 6) is 1.14. The van der Waals surface area contributed by atoms with Gasteiger partial charge in [-0.05, 0) is 25.0 Å². The van der Waals surface area contributed by atoms with Crippen LogP contribution in [0, 0.1) is 0 Å². The van der Waals surface area contributed by atoms with Crippen molar-refractivity contribution < 1.29 is 8.42 Å². The van der Waals surface area contributed by atoms with Crippen molar-refractivity contribution in [2.24, 2.45) is 0 Å². The highest BCUT2D eigenvalue weighted by Gasteiger charge is 2.06. The molecule has 0 saturated heterocycles. The number of nitrogens with zero attached hydrogens (tertiary/aromatic N) is 2. The molecule has 4 nitrogen and oxygen atoms in total. The van der Waals surface area contributed by atoms with Gasteiger partial charge in [-0.1, -0.05) is 30.0 Å². The number of benzene rings is 1. The summed E-state index contributed by atoms with van der Waals surface area (Å²) < 4.78 is 24.1. The first-order valence-electron chi connectivity index (χ1n) is 6.45. The molecule has 1 heterocycles. The quantitative estimate of drug-likeness (QED) is 0.583. The summed E-state index contributed by atoms with van der Waals surface area (Å²) in [5, 5.41) is 0.940. The minimum atomic E-state index is -2.84. The van der Waals surface area contributed by atoms with E-state index in [1.165, 1.54) is 6.26 Å². The lowest BCUT2D eigenvalue weighted by atomic mass is 10.3. The van der Waals surface area contributed by atoms with Crippen LogP contribution in [0.25, 0.3) is 5.69 Å². The van der Waals surface area contributed by atoms with Crippen molar-refractivity contribution in [3.8, 4) is 5.69 Å². The highest BCUT2D eigenvalue weighted by atomic mass is 32.2. The summed E-state index contributed by atoms with van der Waals surface area (Å²) in [5.41, 5.74) is 1.09. The Kier molecular flexibility index (Phi) is 5.25. The summed E-state index contributed by atoms with van der Waals surface area (Å²) in [6.45, 7) is 0. The van der Waals surface area contributed by atoms with Crippen LogP contribution < -0.4 is 0 Å². The molecule has 0 N–H and O–H groups in total. The Balaban J connectivity index is 1.87. The van der Waals surface area contributed by atoms with Crippen molar-refractivity contribution in [3.63, 3.8) is 0 Å². The minimum absolute atomic E-state index is 0.265. The molecule has 6 heteroatoms. The normalized spacial score (nSPS) is 11.7. The second-order valence-electron chi connectivity index (χ2n) is 4.60. The number of imidazole rings is 1. The van der Waals surface area contributed by atoms with Gasteiger partial charge in [-0.25, -0.2) is 13.4 Å². The van der Waals surface area contributed by atoms with Crippen molar-refractivity contribution in [1.82, 2.24) is 9.55 Å². The summed E-state index contributed by atoms with van der Waals surface area (Å²) in [6.07, 6.45) is 6.58. The fourth-order valence-corrected chi connectivity index (χ4v) is 3.51. The van der Waals surface area contributed by atoms with Gasteiger partial charge in [0.15, 0.2) is 5.16 Å². The minimum Gasteiger partial charge on any atom is -0.295 e. The number of para-hydroxylation sites is 1. The Labute approximate surface area is 124 Å². The fourth-order valence-electron chi connectivity index (χ4n) is 1.81. The summed E-state index contributed by atoms with van der Waals surface area (Å²) in [6, 6.07) is 10.1. The van der Waals surface area contributed by atoms with Gasteiger partial charge in [0, 0.05) is 35.8 Å². The number of hydrogen-bond acceptors (Lipinski definition) is 4. The van der Waals surface area contributed by atoms with Crippen molar-refractivity contribution in [1.29, 1.82) is 0 Å². The number of aromatic nitrogens is 2. The zero-order chi connectivity index (χ0) is 14.4. The van der Waals surface area contributed by atoms with Gasteiger partial charge in [-0.15, -0.1) is 0 Å². The maximum absolute atomic E-state index is 11.0. The molecule has 0 saturated carbocycles. The van der Waals surface area contributed by atoms with Crippen LogP contribution in [0.15, 0.2) is 47.9 Å². The second kappa shape index (κ2) is 6.95. The molecule has 2 rings (SSSR count). The summed E-state index contributed by atoms with van der Waals surface area (Å²) in [7, 11) is -2.84. The van der Waals surface area contributed by atoms with Crippen LogP contribution in [0.1, 0.15) is 12.8 Å². The molecule has 0 unspecified atom stereocenters. The van der Waals surface area contributed by atoms with Crippen LogP contribution >= 0.6 is 11.8 Å². The lowest BCUT2D eigenvalue weighted by Gasteiger charge is -2.07. The van der Waals surface area contributed by atoms with Gasteiger partial charge in [0.1, 0.15) is 9.84 Å². The van der Waals surface area contributed by atoms with E-state index in [4.69, 9.17) is 0 Å². The third kappa shape index (κ3) is 4.68. The van der Waals surface area contributed by atoms with Gasteiger partial charge < -0.3 is 0 Å². The van der Waals surface area contributed by atoms with E-state index in [1.807, 2.05) is 41.1 Å². The molecule has 20 heavy (non-hydrogen) atoms. The van der Waals surface area contributed by atoms with Gasteiger partial charge in [-0.2, -0.15) is 0 Å². The highest BCUT2D eigenvalue weighted by molar-refractivity contribution is 7.99. The van der Waals surface area contributed by atoms with Crippen molar-refractivity contribution in [3.05, 3.63) is 42.7 Å². The molecule has 0 aliphatic rings. The average molecular weight is 310 g/mol. The van der Waals surface area contributed by atoms with E-state index in [-0.39, 0.29) is 5.75 Å². The molecule has 0 fully saturated rings. The van der Waals surface area contributed by atoms with Crippen molar-refractivity contribution in [2.45, 2.75) is 18.0 Å². The summed E-state index contributed by atoms with van der Waals surface area (Å²) >= 11 is 1.66. The van der Waals surface area contributed by atoms with Gasteiger partial charge in [0.05, 0.1) is 0 Å². The Hall–Kier alpha value is -1.27. The third-order valence-corrected chi connectivity index (χ3v) is 4.87. The number of unbranched alkanes of at least 4 members (excludes halogenated alkanes) is 1. The van der Waals surface area contributed by atoms with E-state index in [9.17, 15) is 8.42 Å². The topological polar surface area (TPSA) is 52.0 Å². The Morgan fingerprint density at radius 1 is 1.20 bits per heavy atom. The number of sulfone groups is 1. The van der Waals surface area contributed by atoms with Gasteiger partial charge in [0.25, 0.3) is 0 Å². The van der Waals surface area contributed by atoms with E-state index in [0.29, 0.717) is 6.42 Å². The van der Waals surface area contributed by atoms with E-state index in [0.717, 1.165) is 23.0 Å². The molecule has 1 aromatic carbocycles. The van der Waals surface area contributed by atoms with Crippen molar-refractivity contribution in [2.75, 3.05) is 17.8 Å². The largest absolute Gasteiger partial charge is 0.295 e. The average Bonchev–Trinajstić information content (AvgIpc) is 2.86. The van der Waals surface area contributed by atoms with E-state index >= 15 is 0 Å². The Morgan fingerprint density at radius 3 is 2.65 bits per heavy atom. The zero-order valence-electron chi connectivity index (χ0n) is 11.4. The zero-order valence-corrected chi connectivity index (χ0v) is 13.0. The number of hydrogen-bond donors (Lipinski definition) is 0. The maximum Gasteiger partial charge on any atom is 0.172 e.